The molecule has 1 N–H and O–H groups in total. The van der Waals surface area contributed by atoms with Gasteiger partial charge in [0.2, 0.25) is 0 Å². The van der Waals surface area contributed by atoms with Crippen molar-refractivity contribution in [3.8, 4) is 0 Å². The fourth-order valence-electron chi connectivity index (χ4n) is 2.56. The van der Waals surface area contributed by atoms with Crippen LogP contribution in [0.1, 0.15) is 49.1 Å². The lowest BCUT2D eigenvalue weighted by atomic mass is 9.82. The maximum absolute atomic E-state index is 12.2. The predicted molar refractivity (Wildman–Crippen MR) is 70.1 cm³/mol. The molecule has 0 radical (unpaired) electrons. The highest BCUT2D eigenvalue weighted by atomic mass is 79.9. The molecule has 0 aliphatic heterocycles. The molecule has 0 bridgehead atoms. The molecule has 4 heteroatoms. The van der Waals surface area contributed by atoms with E-state index < -0.39 is 0 Å². The average molecular weight is 297 g/mol. The molecule has 92 valence electrons. The Labute approximate surface area is 110 Å². The number of hydrogen-bond acceptors (Lipinski definition) is 1. The van der Waals surface area contributed by atoms with Gasteiger partial charge in [0.1, 0.15) is 5.69 Å². The highest BCUT2D eigenvalue weighted by Crippen LogP contribution is 2.37. The van der Waals surface area contributed by atoms with Gasteiger partial charge in [0.05, 0.1) is 0 Å². The molecular weight excluding hydrogens is 280 g/mol. The second-order valence-electron chi connectivity index (χ2n) is 5.43. The number of rotatable bonds is 3. The number of carbonyl (C=O) groups excluding carboxylic acids is 1. The molecule has 0 atom stereocenters. The van der Waals surface area contributed by atoms with Gasteiger partial charge in [-0.15, -0.1) is 0 Å². The zero-order valence-electron chi connectivity index (χ0n) is 9.95. The van der Waals surface area contributed by atoms with Crippen molar-refractivity contribution in [1.29, 1.82) is 0 Å². The second kappa shape index (κ2) is 4.16. The fourth-order valence-corrected chi connectivity index (χ4v) is 3.00. The molecular formula is C13H17BrN2O. The molecule has 0 aromatic carbocycles. The van der Waals surface area contributed by atoms with E-state index in [-0.39, 0.29) is 5.91 Å². The summed E-state index contributed by atoms with van der Waals surface area (Å²) in [5.74, 6) is 0.849. The molecule has 2 saturated carbocycles. The van der Waals surface area contributed by atoms with E-state index in [0.717, 1.165) is 28.9 Å². The number of halogens is 1. The highest BCUT2D eigenvalue weighted by Gasteiger charge is 2.31. The number of aromatic nitrogens is 1. The maximum Gasteiger partial charge on any atom is 0.268 e. The summed E-state index contributed by atoms with van der Waals surface area (Å²) in [6, 6.07) is 2.86. The zero-order valence-corrected chi connectivity index (χ0v) is 11.5. The summed E-state index contributed by atoms with van der Waals surface area (Å²) in [5, 5.41) is 3.12. The summed E-state index contributed by atoms with van der Waals surface area (Å²) >= 11 is 3.45. The first-order chi connectivity index (χ1) is 8.13. The number of hydrogen-bond donors (Lipinski definition) is 1. The highest BCUT2D eigenvalue weighted by molar-refractivity contribution is 9.10. The van der Waals surface area contributed by atoms with Crippen molar-refractivity contribution in [2.45, 2.75) is 44.7 Å². The van der Waals surface area contributed by atoms with E-state index in [0.29, 0.717) is 12.1 Å². The van der Waals surface area contributed by atoms with Crippen molar-refractivity contribution >= 4 is 21.8 Å². The number of carbonyl (C=O) groups is 1. The van der Waals surface area contributed by atoms with Crippen LogP contribution >= 0.6 is 15.9 Å². The summed E-state index contributed by atoms with van der Waals surface area (Å²) < 4.78 is 3.11. The van der Waals surface area contributed by atoms with Gasteiger partial charge < -0.3 is 9.88 Å². The standard InChI is InChI=1S/C13H17BrN2O/c1-8-4-10(5-8)15-13(17)12-6-9(14)7-16(12)11-2-3-11/h6-8,10-11H,2-5H2,1H3,(H,15,17). The molecule has 3 nitrogen and oxygen atoms in total. The van der Waals surface area contributed by atoms with Gasteiger partial charge in [-0.1, -0.05) is 6.92 Å². The summed E-state index contributed by atoms with van der Waals surface area (Å²) in [6.07, 6.45) is 6.66. The third-order valence-corrected chi connectivity index (χ3v) is 4.13. The molecule has 1 heterocycles. The van der Waals surface area contributed by atoms with E-state index in [1.165, 1.54) is 12.8 Å². The first kappa shape index (κ1) is 11.3. The molecule has 2 aliphatic rings. The molecule has 2 aliphatic carbocycles. The van der Waals surface area contributed by atoms with Gasteiger partial charge in [-0.25, -0.2) is 0 Å². The summed E-state index contributed by atoms with van der Waals surface area (Å²) in [7, 11) is 0. The summed E-state index contributed by atoms with van der Waals surface area (Å²) in [6.45, 7) is 2.23. The Morgan fingerprint density at radius 2 is 2.18 bits per heavy atom. The minimum Gasteiger partial charge on any atom is -0.348 e. The minimum atomic E-state index is 0.0829. The van der Waals surface area contributed by atoms with Crippen LogP contribution in [0.2, 0.25) is 0 Å². The second-order valence-corrected chi connectivity index (χ2v) is 6.34. The third kappa shape index (κ3) is 2.28. The number of nitrogens with one attached hydrogen (secondary N) is 1. The molecule has 0 saturated heterocycles. The first-order valence-electron chi connectivity index (χ1n) is 6.31. The lowest BCUT2D eigenvalue weighted by molar-refractivity contribution is 0.0886. The monoisotopic (exact) mass is 296 g/mol. The van der Waals surface area contributed by atoms with Gasteiger partial charge in [0, 0.05) is 22.8 Å². The Bertz CT molecular complexity index is 444. The maximum atomic E-state index is 12.2. The van der Waals surface area contributed by atoms with Gasteiger partial charge in [-0.2, -0.15) is 0 Å². The Balaban J connectivity index is 1.71. The van der Waals surface area contributed by atoms with Gasteiger partial charge in [-0.05, 0) is 53.6 Å². The van der Waals surface area contributed by atoms with E-state index >= 15 is 0 Å². The Kier molecular flexibility index (Phi) is 2.77. The zero-order chi connectivity index (χ0) is 12.0. The van der Waals surface area contributed by atoms with E-state index in [1.54, 1.807) is 0 Å². The predicted octanol–water partition coefficient (Wildman–Crippen LogP) is 3.11. The quantitative estimate of drug-likeness (QED) is 0.914. The summed E-state index contributed by atoms with van der Waals surface area (Å²) in [5.41, 5.74) is 0.805. The average Bonchev–Trinajstić information content (AvgIpc) is 3.00. The van der Waals surface area contributed by atoms with Crippen LogP contribution in [0.25, 0.3) is 0 Å². The van der Waals surface area contributed by atoms with Crippen LogP contribution in [0, 0.1) is 5.92 Å². The Morgan fingerprint density at radius 3 is 2.76 bits per heavy atom. The van der Waals surface area contributed by atoms with E-state index in [9.17, 15) is 4.79 Å². The number of amides is 1. The van der Waals surface area contributed by atoms with Crippen molar-refractivity contribution in [3.05, 3.63) is 22.4 Å². The third-order valence-electron chi connectivity index (χ3n) is 3.70. The smallest absolute Gasteiger partial charge is 0.268 e. The molecule has 1 aromatic heterocycles. The molecule has 0 spiro atoms. The van der Waals surface area contributed by atoms with Crippen LogP contribution in [0.4, 0.5) is 0 Å². The molecule has 3 rings (SSSR count). The lowest BCUT2D eigenvalue weighted by Gasteiger charge is -2.33. The van der Waals surface area contributed by atoms with Crippen molar-refractivity contribution in [1.82, 2.24) is 9.88 Å². The molecule has 0 unspecified atom stereocenters. The molecule has 1 aromatic rings. The van der Waals surface area contributed by atoms with E-state index in [4.69, 9.17) is 0 Å². The van der Waals surface area contributed by atoms with Crippen LogP contribution in [-0.2, 0) is 0 Å². The largest absolute Gasteiger partial charge is 0.348 e. The SMILES string of the molecule is CC1CC(NC(=O)c2cc(Br)cn2C2CC2)C1. The Morgan fingerprint density at radius 1 is 1.47 bits per heavy atom. The van der Waals surface area contributed by atoms with Crippen LogP contribution in [0.3, 0.4) is 0 Å². The Hall–Kier alpha value is -0.770. The van der Waals surface area contributed by atoms with Crippen molar-refractivity contribution in [2.75, 3.05) is 0 Å². The van der Waals surface area contributed by atoms with Crippen molar-refractivity contribution in [2.24, 2.45) is 5.92 Å². The van der Waals surface area contributed by atoms with Gasteiger partial charge in [-0.3, -0.25) is 4.79 Å². The van der Waals surface area contributed by atoms with Crippen molar-refractivity contribution < 1.29 is 4.79 Å². The minimum absolute atomic E-state index is 0.0829. The first-order valence-corrected chi connectivity index (χ1v) is 7.11. The van der Waals surface area contributed by atoms with E-state index in [2.05, 4.69) is 32.7 Å². The fraction of sp³-hybridized carbons (Fsp3) is 0.615. The topological polar surface area (TPSA) is 34.0 Å². The molecule has 17 heavy (non-hydrogen) atoms. The van der Waals surface area contributed by atoms with Gasteiger partial charge >= 0.3 is 0 Å². The van der Waals surface area contributed by atoms with E-state index in [1.807, 2.05) is 12.3 Å². The van der Waals surface area contributed by atoms with Crippen LogP contribution in [0.15, 0.2) is 16.7 Å². The van der Waals surface area contributed by atoms with Crippen molar-refractivity contribution in [3.63, 3.8) is 0 Å². The van der Waals surface area contributed by atoms with Crippen LogP contribution in [-0.4, -0.2) is 16.5 Å². The normalized spacial score (nSPS) is 27.6. The molecule has 2 fully saturated rings. The lowest BCUT2D eigenvalue weighted by Crippen LogP contribution is -2.43. The van der Waals surface area contributed by atoms with Gasteiger partial charge in [0.15, 0.2) is 0 Å². The summed E-state index contributed by atoms with van der Waals surface area (Å²) in [4.78, 5) is 12.2. The molecule has 1 amide bonds. The van der Waals surface area contributed by atoms with Gasteiger partial charge in [0.25, 0.3) is 5.91 Å². The van der Waals surface area contributed by atoms with Crippen LogP contribution < -0.4 is 5.32 Å². The van der Waals surface area contributed by atoms with Crippen LogP contribution in [0.5, 0.6) is 0 Å². The number of nitrogens with zero attached hydrogens (tertiary/aromatic N) is 1.